The van der Waals surface area contributed by atoms with Crippen molar-refractivity contribution in [2.24, 2.45) is 0 Å². The SMILES string of the molecule is C/C(=C1/c2ccc(Cc3c(C4CC4)nc4c(C)nccn34)cc2COc2cc(F)ccc21)c1noc(=O)[nH]1. The molecule has 1 saturated carbocycles. The molecule has 5 aromatic rings. The molecule has 7 rings (SSSR count). The Labute approximate surface area is 216 Å². The van der Waals surface area contributed by atoms with Crippen LogP contribution in [0.1, 0.15) is 70.8 Å². The van der Waals surface area contributed by atoms with Crippen molar-refractivity contribution in [2.75, 3.05) is 0 Å². The van der Waals surface area contributed by atoms with Crippen LogP contribution in [0.15, 0.2) is 58.1 Å². The molecule has 0 amide bonds. The molecule has 0 unspecified atom stereocenters. The molecule has 1 aliphatic carbocycles. The summed E-state index contributed by atoms with van der Waals surface area (Å²) in [7, 11) is 0. The number of nitrogens with one attached hydrogen (secondary N) is 1. The lowest BCUT2D eigenvalue weighted by molar-refractivity contribution is 0.305. The van der Waals surface area contributed by atoms with Crippen molar-refractivity contribution in [3.63, 3.8) is 0 Å². The summed E-state index contributed by atoms with van der Waals surface area (Å²) in [6.07, 6.45) is 6.83. The van der Waals surface area contributed by atoms with Crippen LogP contribution >= 0.6 is 0 Å². The van der Waals surface area contributed by atoms with Gasteiger partial charge >= 0.3 is 5.76 Å². The molecule has 8 nitrogen and oxygen atoms in total. The molecule has 3 aromatic heterocycles. The second-order valence-electron chi connectivity index (χ2n) is 9.97. The molecule has 38 heavy (non-hydrogen) atoms. The van der Waals surface area contributed by atoms with E-state index < -0.39 is 5.76 Å². The molecule has 1 fully saturated rings. The standard InChI is InChI=1S/C29H24FN5O3/c1-15(27-33-29(36)38-34-27)25-21-7-3-17(11-19(21)14-37-24-13-20(30)6-8-22(24)25)12-23-26(18-4-5-18)32-28-16(2)31-9-10-35(23)28/h3,6-11,13,18H,4-5,12,14H2,1-2H3,(H,33,34,36)/b25-15+. The molecule has 4 heterocycles. The highest BCUT2D eigenvalue weighted by atomic mass is 19.1. The van der Waals surface area contributed by atoms with E-state index in [1.54, 1.807) is 6.07 Å². The van der Waals surface area contributed by atoms with Crippen molar-refractivity contribution in [3.8, 4) is 5.75 Å². The van der Waals surface area contributed by atoms with E-state index in [2.05, 4.69) is 37.7 Å². The molecule has 0 spiro atoms. The lowest BCUT2D eigenvalue weighted by Crippen LogP contribution is -2.02. The third-order valence-corrected chi connectivity index (χ3v) is 7.39. The van der Waals surface area contributed by atoms with Gasteiger partial charge in [-0.1, -0.05) is 23.4 Å². The maximum Gasteiger partial charge on any atom is 0.439 e. The Morgan fingerprint density at radius 3 is 2.82 bits per heavy atom. The number of ether oxygens (including phenoxy) is 1. The number of aromatic nitrogens is 5. The highest BCUT2D eigenvalue weighted by Gasteiger charge is 2.31. The molecule has 1 aliphatic heterocycles. The van der Waals surface area contributed by atoms with E-state index in [0.29, 0.717) is 29.5 Å². The van der Waals surface area contributed by atoms with Crippen LogP contribution in [0.25, 0.3) is 16.8 Å². The Kier molecular flexibility index (Phi) is 5.07. The molecular weight excluding hydrogens is 485 g/mol. The second kappa shape index (κ2) is 8.51. The summed E-state index contributed by atoms with van der Waals surface area (Å²) in [6, 6.07) is 10.8. The zero-order chi connectivity index (χ0) is 26.0. The summed E-state index contributed by atoms with van der Waals surface area (Å²) < 4.78 is 27.2. The van der Waals surface area contributed by atoms with Crippen molar-refractivity contribution in [3.05, 3.63) is 110 Å². The fourth-order valence-corrected chi connectivity index (χ4v) is 5.38. The zero-order valence-corrected chi connectivity index (χ0v) is 20.9. The van der Waals surface area contributed by atoms with E-state index in [1.165, 1.54) is 17.8 Å². The largest absolute Gasteiger partial charge is 0.488 e. The van der Waals surface area contributed by atoms with E-state index in [0.717, 1.165) is 57.7 Å². The fourth-order valence-electron chi connectivity index (χ4n) is 5.38. The van der Waals surface area contributed by atoms with Crippen LogP contribution in [-0.4, -0.2) is 24.5 Å². The molecular formula is C29H24FN5O3. The van der Waals surface area contributed by atoms with E-state index in [4.69, 9.17) is 14.2 Å². The minimum absolute atomic E-state index is 0.275. The Morgan fingerprint density at radius 1 is 1.18 bits per heavy atom. The summed E-state index contributed by atoms with van der Waals surface area (Å²) in [5.74, 6) is 0.237. The number of hydrogen-bond donors (Lipinski definition) is 1. The first-order valence-electron chi connectivity index (χ1n) is 12.6. The van der Waals surface area contributed by atoms with Crippen molar-refractivity contribution in [1.29, 1.82) is 0 Å². The van der Waals surface area contributed by atoms with Crippen LogP contribution in [0.2, 0.25) is 0 Å². The number of H-pyrrole nitrogens is 1. The summed E-state index contributed by atoms with van der Waals surface area (Å²) >= 11 is 0. The first-order chi connectivity index (χ1) is 18.5. The van der Waals surface area contributed by atoms with Gasteiger partial charge in [-0.15, -0.1) is 0 Å². The van der Waals surface area contributed by atoms with Gasteiger partial charge in [0.05, 0.1) is 17.1 Å². The topological polar surface area (TPSA) is 98.3 Å². The van der Waals surface area contributed by atoms with E-state index in [9.17, 15) is 9.18 Å². The molecule has 0 atom stereocenters. The molecule has 2 aromatic carbocycles. The summed E-state index contributed by atoms with van der Waals surface area (Å²) in [4.78, 5) is 23.7. The number of allylic oxidation sites excluding steroid dienone is 1. The van der Waals surface area contributed by atoms with Crippen LogP contribution in [0.5, 0.6) is 5.75 Å². The van der Waals surface area contributed by atoms with Gasteiger partial charge in [0.1, 0.15) is 18.2 Å². The number of halogens is 1. The number of imidazole rings is 1. The number of hydrogen-bond acceptors (Lipinski definition) is 6. The van der Waals surface area contributed by atoms with Gasteiger partial charge in [-0.05, 0) is 61.1 Å². The minimum Gasteiger partial charge on any atom is -0.488 e. The molecule has 0 saturated heterocycles. The van der Waals surface area contributed by atoms with Crippen molar-refractivity contribution < 1.29 is 13.7 Å². The lowest BCUT2D eigenvalue weighted by Gasteiger charge is -2.14. The van der Waals surface area contributed by atoms with Gasteiger partial charge in [0.2, 0.25) is 0 Å². The van der Waals surface area contributed by atoms with E-state index in [-0.39, 0.29) is 12.4 Å². The third-order valence-electron chi connectivity index (χ3n) is 7.39. The highest BCUT2D eigenvalue weighted by Crippen LogP contribution is 2.43. The Bertz CT molecular complexity index is 1830. The normalized spacial score (nSPS) is 16.1. The Morgan fingerprint density at radius 2 is 2.03 bits per heavy atom. The quantitative estimate of drug-likeness (QED) is 0.358. The number of fused-ring (bicyclic) bond motifs is 3. The second-order valence-corrected chi connectivity index (χ2v) is 9.97. The monoisotopic (exact) mass is 509 g/mol. The average molecular weight is 510 g/mol. The zero-order valence-electron chi connectivity index (χ0n) is 20.9. The van der Waals surface area contributed by atoms with Gasteiger partial charge < -0.3 is 9.14 Å². The molecule has 0 bridgehead atoms. The average Bonchev–Trinajstić information content (AvgIpc) is 3.59. The molecule has 0 radical (unpaired) electrons. The molecule has 9 heteroatoms. The fraction of sp³-hybridized carbons (Fsp3) is 0.241. The third kappa shape index (κ3) is 3.73. The summed E-state index contributed by atoms with van der Waals surface area (Å²) in [5, 5.41) is 3.89. The smallest absolute Gasteiger partial charge is 0.439 e. The maximum absolute atomic E-state index is 14.2. The summed E-state index contributed by atoms with van der Waals surface area (Å²) in [5.41, 5.74) is 9.39. The van der Waals surface area contributed by atoms with Gasteiger partial charge in [-0.25, -0.2) is 14.2 Å². The molecule has 190 valence electrons. The van der Waals surface area contributed by atoms with Crippen LogP contribution in [-0.2, 0) is 13.0 Å². The Balaban J connectivity index is 1.36. The first kappa shape index (κ1) is 22.7. The van der Waals surface area contributed by atoms with E-state index >= 15 is 0 Å². The first-order valence-corrected chi connectivity index (χ1v) is 12.6. The van der Waals surface area contributed by atoms with E-state index in [1.807, 2.05) is 26.2 Å². The number of aromatic amines is 1. The number of aryl methyl sites for hydroxylation is 1. The summed E-state index contributed by atoms with van der Waals surface area (Å²) in [6.45, 7) is 4.12. The predicted octanol–water partition coefficient (Wildman–Crippen LogP) is 5.19. The van der Waals surface area contributed by atoms with Gasteiger partial charge in [-0.2, -0.15) is 0 Å². The Hall–Kier alpha value is -4.53. The van der Waals surface area contributed by atoms with Crippen molar-refractivity contribution in [1.82, 2.24) is 24.5 Å². The molecule has 1 N–H and O–H groups in total. The number of rotatable bonds is 4. The van der Waals surface area contributed by atoms with Gasteiger partial charge in [0, 0.05) is 41.9 Å². The van der Waals surface area contributed by atoms with Crippen LogP contribution < -0.4 is 10.5 Å². The lowest BCUT2D eigenvalue weighted by atomic mass is 9.89. The van der Waals surface area contributed by atoms with Crippen LogP contribution in [0, 0.1) is 12.7 Å². The van der Waals surface area contributed by atoms with Crippen LogP contribution in [0.4, 0.5) is 4.39 Å². The van der Waals surface area contributed by atoms with Crippen molar-refractivity contribution >= 4 is 16.8 Å². The number of benzene rings is 2. The minimum atomic E-state index is -0.635. The van der Waals surface area contributed by atoms with Crippen molar-refractivity contribution in [2.45, 2.75) is 45.6 Å². The van der Waals surface area contributed by atoms with Gasteiger partial charge in [0.15, 0.2) is 11.5 Å². The predicted molar refractivity (Wildman–Crippen MR) is 138 cm³/mol. The highest BCUT2D eigenvalue weighted by molar-refractivity contribution is 5.99. The molecule has 2 aliphatic rings. The van der Waals surface area contributed by atoms with Gasteiger partial charge in [0.25, 0.3) is 0 Å². The maximum atomic E-state index is 14.2. The van der Waals surface area contributed by atoms with Gasteiger partial charge in [-0.3, -0.25) is 14.5 Å². The number of nitrogens with zero attached hydrogens (tertiary/aromatic N) is 4. The van der Waals surface area contributed by atoms with Crippen LogP contribution in [0.3, 0.4) is 0 Å².